The summed E-state index contributed by atoms with van der Waals surface area (Å²) in [4.78, 5) is 27.4. The van der Waals surface area contributed by atoms with Gasteiger partial charge >= 0.3 is 0 Å². The molecule has 0 bridgehead atoms. The van der Waals surface area contributed by atoms with Crippen LogP contribution in [0, 0.1) is 0 Å². The van der Waals surface area contributed by atoms with Crippen LogP contribution in [-0.4, -0.2) is 22.5 Å². The molecule has 1 fully saturated rings. The number of benzene rings is 3. The lowest BCUT2D eigenvalue weighted by Gasteiger charge is -2.26. The molecule has 162 valence electrons. The molecule has 3 aromatic carbocycles. The molecule has 4 nitrogen and oxygen atoms in total. The SMILES string of the molecule is O=C(N[C@H]1CCCc2ccccc21)c1ccc([C@@H]2SCC(=O)N2Cc2ccccc2)cc1. The summed E-state index contributed by atoms with van der Waals surface area (Å²) in [6.07, 6.45) is 3.13. The molecule has 2 aliphatic rings. The number of carbonyl (C=O) groups is 2. The summed E-state index contributed by atoms with van der Waals surface area (Å²) in [5.74, 6) is 0.595. The Balaban J connectivity index is 1.29. The van der Waals surface area contributed by atoms with Gasteiger partial charge in [0.1, 0.15) is 5.37 Å². The number of nitrogens with zero attached hydrogens (tertiary/aromatic N) is 1. The van der Waals surface area contributed by atoms with E-state index >= 15 is 0 Å². The van der Waals surface area contributed by atoms with Gasteiger partial charge in [-0.1, -0.05) is 66.7 Å². The highest BCUT2D eigenvalue weighted by Gasteiger charge is 2.33. The summed E-state index contributed by atoms with van der Waals surface area (Å²) in [7, 11) is 0. The fourth-order valence-electron chi connectivity index (χ4n) is 4.63. The molecule has 5 heteroatoms. The van der Waals surface area contributed by atoms with E-state index in [1.165, 1.54) is 11.1 Å². The Bertz CT molecular complexity index is 1110. The maximum atomic E-state index is 12.9. The van der Waals surface area contributed by atoms with Crippen LogP contribution in [0.5, 0.6) is 0 Å². The van der Waals surface area contributed by atoms with Crippen molar-refractivity contribution in [2.75, 3.05) is 5.75 Å². The number of hydrogen-bond acceptors (Lipinski definition) is 3. The van der Waals surface area contributed by atoms with Gasteiger partial charge in [-0.3, -0.25) is 9.59 Å². The molecule has 0 unspecified atom stereocenters. The van der Waals surface area contributed by atoms with E-state index in [9.17, 15) is 9.59 Å². The van der Waals surface area contributed by atoms with Gasteiger partial charge in [0, 0.05) is 12.1 Å². The molecular formula is C27H26N2O2S. The van der Waals surface area contributed by atoms with Crippen LogP contribution in [0.25, 0.3) is 0 Å². The molecule has 32 heavy (non-hydrogen) atoms. The minimum Gasteiger partial charge on any atom is -0.345 e. The zero-order chi connectivity index (χ0) is 21.9. The highest BCUT2D eigenvalue weighted by Crippen LogP contribution is 2.39. The quantitative estimate of drug-likeness (QED) is 0.586. The predicted octanol–water partition coefficient (Wildman–Crippen LogP) is 5.27. The Morgan fingerprint density at radius 3 is 2.53 bits per heavy atom. The van der Waals surface area contributed by atoms with Crippen molar-refractivity contribution in [2.24, 2.45) is 0 Å². The highest BCUT2D eigenvalue weighted by molar-refractivity contribution is 8.00. The molecule has 0 spiro atoms. The zero-order valence-electron chi connectivity index (χ0n) is 17.9. The van der Waals surface area contributed by atoms with Crippen molar-refractivity contribution in [1.29, 1.82) is 0 Å². The topological polar surface area (TPSA) is 49.4 Å². The molecule has 1 aliphatic heterocycles. The van der Waals surface area contributed by atoms with Crippen LogP contribution in [0.2, 0.25) is 0 Å². The minimum atomic E-state index is -0.0467. The van der Waals surface area contributed by atoms with Crippen LogP contribution < -0.4 is 5.32 Å². The molecule has 1 saturated heterocycles. The monoisotopic (exact) mass is 442 g/mol. The first-order valence-corrected chi connectivity index (χ1v) is 12.2. The summed E-state index contributed by atoms with van der Waals surface area (Å²) >= 11 is 1.64. The first-order chi connectivity index (χ1) is 15.7. The smallest absolute Gasteiger partial charge is 0.251 e. The van der Waals surface area contributed by atoms with Crippen molar-refractivity contribution >= 4 is 23.6 Å². The van der Waals surface area contributed by atoms with E-state index in [-0.39, 0.29) is 23.2 Å². The molecule has 1 N–H and O–H groups in total. The zero-order valence-corrected chi connectivity index (χ0v) is 18.7. The van der Waals surface area contributed by atoms with Crippen molar-refractivity contribution in [3.05, 3.63) is 107 Å². The molecular weight excluding hydrogens is 416 g/mol. The number of hydrogen-bond donors (Lipinski definition) is 1. The van der Waals surface area contributed by atoms with E-state index in [0.717, 1.165) is 30.4 Å². The van der Waals surface area contributed by atoms with Crippen LogP contribution in [-0.2, 0) is 17.8 Å². The normalized spacial score (nSPS) is 20.1. The van der Waals surface area contributed by atoms with Gasteiger partial charge in [-0.25, -0.2) is 0 Å². The van der Waals surface area contributed by atoms with Crippen molar-refractivity contribution in [1.82, 2.24) is 10.2 Å². The number of rotatable bonds is 5. The Morgan fingerprint density at radius 1 is 0.969 bits per heavy atom. The van der Waals surface area contributed by atoms with Crippen molar-refractivity contribution in [3.8, 4) is 0 Å². The summed E-state index contributed by atoms with van der Waals surface area (Å²) in [6, 6.07) is 26.2. The van der Waals surface area contributed by atoms with Gasteiger partial charge in [0.25, 0.3) is 5.91 Å². The van der Waals surface area contributed by atoms with Crippen molar-refractivity contribution in [3.63, 3.8) is 0 Å². The van der Waals surface area contributed by atoms with Gasteiger partial charge in [0.05, 0.1) is 11.8 Å². The third kappa shape index (κ3) is 4.30. The molecule has 5 rings (SSSR count). The number of thioether (sulfide) groups is 1. The number of aryl methyl sites for hydroxylation is 1. The summed E-state index contributed by atoms with van der Waals surface area (Å²) in [6.45, 7) is 0.598. The Hall–Kier alpha value is -3.05. The van der Waals surface area contributed by atoms with Gasteiger partial charge in [-0.05, 0) is 53.6 Å². The van der Waals surface area contributed by atoms with E-state index in [4.69, 9.17) is 0 Å². The van der Waals surface area contributed by atoms with Crippen LogP contribution in [0.4, 0.5) is 0 Å². The number of nitrogens with one attached hydrogen (secondary N) is 1. The van der Waals surface area contributed by atoms with Gasteiger partial charge in [-0.2, -0.15) is 0 Å². The van der Waals surface area contributed by atoms with E-state index < -0.39 is 0 Å². The largest absolute Gasteiger partial charge is 0.345 e. The Morgan fingerprint density at radius 2 is 1.72 bits per heavy atom. The Kier molecular flexibility index (Phi) is 5.99. The van der Waals surface area contributed by atoms with E-state index in [2.05, 4.69) is 23.5 Å². The second-order valence-corrected chi connectivity index (χ2v) is 9.48. The standard InChI is InChI=1S/C27H26N2O2S/c30-25-18-32-27(29(25)17-19-7-2-1-3-8-19)22-15-13-21(14-16-22)26(31)28-24-12-6-10-20-9-4-5-11-23(20)24/h1-5,7-9,11,13-16,24,27H,6,10,12,17-18H2,(H,28,31)/t24-,27-/m0/s1. The van der Waals surface area contributed by atoms with Crippen LogP contribution >= 0.6 is 11.8 Å². The fourth-order valence-corrected chi connectivity index (χ4v) is 5.81. The lowest BCUT2D eigenvalue weighted by atomic mass is 9.87. The lowest BCUT2D eigenvalue weighted by Crippen LogP contribution is -2.31. The summed E-state index contributed by atoms with van der Waals surface area (Å²) in [5, 5.41) is 3.20. The van der Waals surface area contributed by atoms with E-state index in [1.54, 1.807) is 11.8 Å². The van der Waals surface area contributed by atoms with E-state index in [0.29, 0.717) is 17.9 Å². The average molecular weight is 443 g/mol. The average Bonchev–Trinajstić information content (AvgIpc) is 3.20. The molecule has 0 aromatic heterocycles. The summed E-state index contributed by atoms with van der Waals surface area (Å²) in [5.41, 5.74) is 5.40. The highest BCUT2D eigenvalue weighted by atomic mass is 32.2. The van der Waals surface area contributed by atoms with Gasteiger partial charge in [0.15, 0.2) is 0 Å². The lowest BCUT2D eigenvalue weighted by molar-refractivity contribution is -0.128. The minimum absolute atomic E-state index is 0.0231. The molecule has 1 aliphatic carbocycles. The first kappa shape index (κ1) is 20.8. The summed E-state index contributed by atoms with van der Waals surface area (Å²) < 4.78 is 0. The first-order valence-electron chi connectivity index (χ1n) is 11.1. The van der Waals surface area contributed by atoms with Gasteiger partial charge in [0.2, 0.25) is 5.91 Å². The predicted molar refractivity (Wildman–Crippen MR) is 128 cm³/mol. The van der Waals surface area contributed by atoms with Gasteiger partial charge < -0.3 is 10.2 Å². The van der Waals surface area contributed by atoms with Crippen LogP contribution in [0.15, 0.2) is 78.9 Å². The van der Waals surface area contributed by atoms with E-state index in [1.807, 2.05) is 65.6 Å². The fraction of sp³-hybridized carbons (Fsp3) is 0.259. The number of amides is 2. The molecule has 0 radical (unpaired) electrons. The van der Waals surface area contributed by atoms with Crippen molar-refractivity contribution < 1.29 is 9.59 Å². The second kappa shape index (κ2) is 9.21. The molecule has 0 saturated carbocycles. The maximum Gasteiger partial charge on any atom is 0.251 e. The number of carbonyl (C=O) groups excluding carboxylic acids is 2. The third-order valence-electron chi connectivity index (χ3n) is 6.30. The molecule has 2 amide bonds. The molecule has 3 aromatic rings. The van der Waals surface area contributed by atoms with Crippen LogP contribution in [0.1, 0.15) is 56.9 Å². The second-order valence-electron chi connectivity index (χ2n) is 8.41. The maximum absolute atomic E-state index is 12.9. The van der Waals surface area contributed by atoms with Crippen molar-refractivity contribution in [2.45, 2.75) is 37.2 Å². The molecule has 2 atom stereocenters. The third-order valence-corrected chi connectivity index (χ3v) is 7.55. The Labute approximate surface area is 193 Å². The van der Waals surface area contributed by atoms with Crippen LogP contribution in [0.3, 0.4) is 0 Å². The number of fused-ring (bicyclic) bond motifs is 1. The van der Waals surface area contributed by atoms with Gasteiger partial charge in [-0.15, -0.1) is 11.8 Å². The molecule has 1 heterocycles.